The van der Waals surface area contributed by atoms with Crippen molar-refractivity contribution in [3.63, 3.8) is 0 Å². The number of aryl methyl sites for hydroxylation is 1. The van der Waals surface area contributed by atoms with Crippen molar-refractivity contribution in [3.05, 3.63) is 69.4 Å². The first kappa shape index (κ1) is 24.3. The molecule has 9 heteroatoms. The number of aromatic nitrogens is 1. The molecule has 32 heavy (non-hydrogen) atoms. The van der Waals surface area contributed by atoms with Gasteiger partial charge in [-0.2, -0.15) is 0 Å². The molecular weight excluding hydrogens is 414 g/mol. The van der Waals surface area contributed by atoms with E-state index in [-0.39, 0.29) is 18.8 Å². The van der Waals surface area contributed by atoms with Gasteiger partial charge in [-0.15, -0.1) is 0 Å². The molecule has 0 aliphatic carbocycles. The second-order valence-corrected chi connectivity index (χ2v) is 7.86. The first-order valence-corrected chi connectivity index (χ1v) is 9.86. The number of hydrogen-bond donors (Lipinski definition) is 1. The number of nitrogens with one attached hydrogen (secondary N) is 1. The van der Waals surface area contributed by atoms with Gasteiger partial charge in [0.25, 0.3) is 0 Å². The molecule has 2 aromatic rings. The minimum atomic E-state index is -1.06. The number of carbonyl (C=O) groups excluding carboxylic acids is 2. The van der Waals surface area contributed by atoms with Crippen molar-refractivity contribution in [2.75, 3.05) is 0 Å². The lowest BCUT2D eigenvalue weighted by Gasteiger charge is -2.22. The van der Waals surface area contributed by atoms with Crippen LogP contribution in [0.4, 0.5) is 10.6 Å². The summed E-state index contributed by atoms with van der Waals surface area (Å²) in [5.74, 6) is 4.70. The monoisotopic (exact) mass is 439 g/mol. The normalized spacial score (nSPS) is 11.5. The van der Waals surface area contributed by atoms with Crippen LogP contribution in [0.3, 0.4) is 0 Å². The Labute approximate surface area is 186 Å². The Morgan fingerprint density at radius 2 is 1.88 bits per heavy atom. The van der Waals surface area contributed by atoms with Crippen molar-refractivity contribution in [2.24, 2.45) is 0 Å². The van der Waals surface area contributed by atoms with Crippen molar-refractivity contribution in [2.45, 2.75) is 52.4 Å². The number of esters is 1. The minimum absolute atomic E-state index is 0.0466. The van der Waals surface area contributed by atoms with Gasteiger partial charge in [-0.1, -0.05) is 42.2 Å². The summed E-state index contributed by atoms with van der Waals surface area (Å²) in [5.41, 5.74) is 0.922. The molecule has 0 saturated heterocycles. The fourth-order valence-corrected chi connectivity index (χ4v) is 2.50. The predicted octanol–water partition coefficient (Wildman–Crippen LogP) is 3.68. The van der Waals surface area contributed by atoms with E-state index in [0.29, 0.717) is 11.3 Å². The summed E-state index contributed by atoms with van der Waals surface area (Å²) in [6.07, 6.45) is -0.822. The van der Waals surface area contributed by atoms with E-state index in [1.807, 2.05) is 30.3 Å². The Bertz CT molecular complexity index is 1040. The molecule has 9 nitrogen and oxygen atoms in total. The number of hydrogen-bond acceptors (Lipinski definition) is 7. The zero-order valence-corrected chi connectivity index (χ0v) is 18.4. The Hall–Kier alpha value is -3.93. The topological polar surface area (TPSA) is 121 Å². The maximum absolute atomic E-state index is 12.6. The van der Waals surface area contributed by atoms with Crippen molar-refractivity contribution in [3.8, 4) is 11.8 Å². The van der Waals surface area contributed by atoms with E-state index in [2.05, 4.69) is 22.1 Å². The zero-order chi connectivity index (χ0) is 23.7. The molecule has 1 unspecified atom stereocenters. The van der Waals surface area contributed by atoms with Crippen LogP contribution in [-0.2, 0) is 20.9 Å². The molecule has 0 aliphatic rings. The lowest BCUT2D eigenvalue weighted by Crippen LogP contribution is -2.44. The molecule has 1 heterocycles. The molecule has 2 rings (SSSR count). The van der Waals surface area contributed by atoms with Crippen LogP contribution < -0.4 is 5.32 Å². The number of amides is 1. The van der Waals surface area contributed by atoms with Crippen LogP contribution in [0.25, 0.3) is 0 Å². The van der Waals surface area contributed by atoms with Gasteiger partial charge in [-0.05, 0) is 42.3 Å². The average molecular weight is 439 g/mol. The third-order valence-corrected chi connectivity index (χ3v) is 3.99. The van der Waals surface area contributed by atoms with Crippen LogP contribution >= 0.6 is 0 Å². The molecule has 0 spiro atoms. The van der Waals surface area contributed by atoms with Crippen LogP contribution in [-0.4, -0.2) is 33.6 Å². The summed E-state index contributed by atoms with van der Waals surface area (Å²) in [4.78, 5) is 38.9. The number of rotatable bonds is 6. The molecule has 1 atom stereocenters. The number of ether oxygens (including phenoxy) is 2. The van der Waals surface area contributed by atoms with E-state index in [1.54, 1.807) is 27.7 Å². The SMILES string of the molecule is Cc1nc([N+](=O)[O-])ccc1C#CCC(NC(=O)OC(C)(C)C)C(=O)OCc1ccccc1. The lowest BCUT2D eigenvalue weighted by molar-refractivity contribution is -0.389. The molecule has 0 aliphatic heterocycles. The lowest BCUT2D eigenvalue weighted by atomic mass is 10.1. The van der Waals surface area contributed by atoms with Gasteiger partial charge < -0.3 is 24.9 Å². The average Bonchev–Trinajstić information content (AvgIpc) is 2.71. The van der Waals surface area contributed by atoms with Crippen molar-refractivity contribution < 1.29 is 24.0 Å². The van der Waals surface area contributed by atoms with Gasteiger partial charge >= 0.3 is 17.9 Å². The van der Waals surface area contributed by atoms with E-state index in [4.69, 9.17) is 9.47 Å². The standard InChI is InChI=1S/C23H25N3O6/c1-16-18(13-14-20(24-16)26(29)30)11-8-12-19(25-22(28)32-23(2,3)4)21(27)31-15-17-9-6-5-7-10-17/h5-7,9-10,13-14,19H,12,15H2,1-4H3,(H,25,28). The number of nitrogens with zero attached hydrogens (tertiary/aromatic N) is 2. The molecular formula is C23H25N3O6. The number of benzene rings is 1. The first-order chi connectivity index (χ1) is 15.0. The molecule has 0 saturated carbocycles. The fraction of sp³-hybridized carbons (Fsp3) is 0.348. The summed E-state index contributed by atoms with van der Waals surface area (Å²) in [5, 5.41) is 13.3. The van der Waals surface area contributed by atoms with Gasteiger partial charge in [0.05, 0.1) is 5.56 Å². The second-order valence-electron chi connectivity index (χ2n) is 7.86. The minimum Gasteiger partial charge on any atom is -0.459 e. The molecule has 1 amide bonds. The predicted molar refractivity (Wildman–Crippen MR) is 117 cm³/mol. The quantitative estimate of drug-likeness (QED) is 0.315. The summed E-state index contributed by atoms with van der Waals surface area (Å²) < 4.78 is 10.5. The third kappa shape index (κ3) is 8.07. The van der Waals surface area contributed by atoms with Crippen molar-refractivity contribution in [1.82, 2.24) is 10.3 Å². The molecule has 0 bridgehead atoms. The summed E-state index contributed by atoms with van der Waals surface area (Å²) in [7, 11) is 0. The van der Waals surface area contributed by atoms with Crippen LogP contribution in [0.1, 0.15) is 44.0 Å². The van der Waals surface area contributed by atoms with E-state index < -0.39 is 28.6 Å². The fourth-order valence-electron chi connectivity index (χ4n) is 2.50. The Morgan fingerprint density at radius 3 is 2.47 bits per heavy atom. The van der Waals surface area contributed by atoms with E-state index in [0.717, 1.165) is 5.56 Å². The summed E-state index contributed by atoms with van der Waals surface area (Å²) in [6.45, 7) is 6.77. The highest BCUT2D eigenvalue weighted by Crippen LogP contribution is 2.12. The molecule has 0 radical (unpaired) electrons. The summed E-state index contributed by atoms with van der Waals surface area (Å²) >= 11 is 0. The van der Waals surface area contributed by atoms with E-state index in [9.17, 15) is 19.7 Å². The van der Waals surface area contributed by atoms with Gasteiger partial charge in [0.1, 0.15) is 18.2 Å². The third-order valence-electron chi connectivity index (χ3n) is 3.99. The van der Waals surface area contributed by atoms with Gasteiger partial charge in [0, 0.05) is 19.4 Å². The molecule has 168 valence electrons. The maximum atomic E-state index is 12.6. The number of carbonyl (C=O) groups is 2. The largest absolute Gasteiger partial charge is 0.459 e. The Kier molecular flexibility index (Phi) is 8.30. The Balaban J connectivity index is 2.12. The number of alkyl carbamates (subject to hydrolysis) is 1. The summed E-state index contributed by atoms with van der Waals surface area (Å²) in [6, 6.07) is 10.8. The van der Waals surface area contributed by atoms with Gasteiger partial charge in [-0.3, -0.25) is 0 Å². The van der Waals surface area contributed by atoms with Crippen molar-refractivity contribution in [1.29, 1.82) is 0 Å². The van der Waals surface area contributed by atoms with Gasteiger partial charge in [0.15, 0.2) is 5.69 Å². The van der Waals surface area contributed by atoms with E-state index in [1.165, 1.54) is 12.1 Å². The smallest absolute Gasteiger partial charge is 0.408 e. The highest BCUT2D eigenvalue weighted by atomic mass is 16.6. The zero-order valence-electron chi connectivity index (χ0n) is 18.4. The number of pyridine rings is 1. The van der Waals surface area contributed by atoms with Crippen molar-refractivity contribution >= 4 is 17.9 Å². The molecule has 1 aromatic carbocycles. The number of nitro groups is 1. The first-order valence-electron chi connectivity index (χ1n) is 9.86. The van der Waals surface area contributed by atoms with Crippen LogP contribution in [0.15, 0.2) is 42.5 Å². The Morgan fingerprint density at radius 1 is 1.19 bits per heavy atom. The van der Waals surface area contributed by atoms with Gasteiger partial charge in [-0.25, -0.2) is 9.59 Å². The molecule has 1 aromatic heterocycles. The molecule has 0 fully saturated rings. The van der Waals surface area contributed by atoms with Crippen LogP contribution in [0.2, 0.25) is 0 Å². The van der Waals surface area contributed by atoms with Crippen LogP contribution in [0.5, 0.6) is 0 Å². The molecule has 1 N–H and O–H groups in total. The highest BCUT2D eigenvalue weighted by Gasteiger charge is 2.25. The van der Waals surface area contributed by atoms with Crippen LogP contribution in [0, 0.1) is 28.9 Å². The second kappa shape index (κ2) is 10.9. The highest BCUT2D eigenvalue weighted by molar-refractivity contribution is 5.81. The maximum Gasteiger partial charge on any atom is 0.408 e. The van der Waals surface area contributed by atoms with Gasteiger partial charge in [0.2, 0.25) is 0 Å². The van der Waals surface area contributed by atoms with E-state index >= 15 is 0 Å².